The van der Waals surface area contributed by atoms with Crippen LogP contribution in [0.1, 0.15) is 15.9 Å². The first-order chi connectivity index (χ1) is 14.8. The third kappa shape index (κ3) is 5.86. The van der Waals surface area contributed by atoms with E-state index in [1.165, 1.54) is 12.1 Å². The van der Waals surface area contributed by atoms with Crippen LogP contribution < -0.4 is 10.5 Å². The van der Waals surface area contributed by atoms with Gasteiger partial charge < -0.3 is 40.4 Å². The number of morpholine rings is 1. The lowest BCUT2D eigenvalue weighted by atomic mass is 9.82. The fraction of sp³-hybridized carbons (Fsp3) is 0.579. The SMILES string of the molecule is NC(CN1CC(Oc2ccc(CCB(O)O)c(O)c2C(=O)O)C1)C(=O)N1CCOCC1. The second kappa shape index (κ2) is 10.3. The van der Waals surface area contributed by atoms with Gasteiger partial charge in [-0.15, -0.1) is 0 Å². The number of nitrogens with two attached hydrogens (primary N) is 1. The molecule has 2 aliphatic heterocycles. The van der Waals surface area contributed by atoms with Gasteiger partial charge in [-0.3, -0.25) is 9.69 Å². The zero-order valence-corrected chi connectivity index (χ0v) is 17.1. The van der Waals surface area contributed by atoms with Gasteiger partial charge in [0.25, 0.3) is 0 Å². The highest BCUT2D eigenvalue weighted by atomic mass is 16.5. The Morgan fingerprint density at radius 3 is 2.55 bits per heavy atom. The third-order valence-corrected chi connectivity index (χ3v) is 5.42. The number of carboxylic acid groups (broad SMARTS) is 1. The average molecular weight is 437 g/mol. The minimum atomic E-state index is -1.55. The molecule has 1 atom stereocenters. The number of hydrogen-bond acceptors (Lipinski definition) is 9. The molecule has 6 N–H and O–H groups in total. The quantitative estimate of drug-likeness (QED) is 0.283. The van der Waals surface area contributed by atoms with Crippen molar-refractivity contribution in [1.29, 1.82) is 0 Å². The van der Waals surface area contributed by atoms with Gasteiger partial charge >= 0.3 is 13.1 Å². The number of benzene rings is 1. The fourth-order valence-electron chi connectivity index (χ4n) is 3.71. The second-order valence-corrected chi connectivity index (χ2v) is 7.77. The number of aryl methyl sites for hydroxylation is 1. The molecule has 0 bridgehead atoms. The molecule has 0 spiro atoms. The maximum absolute atomic E-state index is 12.4. The first-order valence-electron chi connectivity index (χ1n) is 10.2. The Labute approximate surface area is 180 Å². The summed E-state index contributed by atoms with van der Waals surface area (Å²) >= 11 is 0. The molecular weight excluding hydrogens is 409 g/mol. The Bertz CT molecular complexity index is 797. The monoisotopic (exact) mass is 437 g/mol. The standard InChI is InChI=1S/C19H28BN3O8/c21-14(18(25)23-5-7-30-8-6-23)11-22-9-13(10-22)31-15-2-1-12(3-4-20(28)29)17(24)16(15)19(26)27/h1-2,13-14,24,28-29H,3-11,21H2,(H,26,27). The minimum absolute atomic E-state index is 0.0339. The van der Waals surface area contributed by atoms with E-state index < -0.39 is 24.9 Å². The summed E-state index contributed by atoms with van der Waals surface area (Å²) in [5.41, 5.74) is 5.98. The van der Waals surface area contributed by atoms with E-state index in [0.717, 1.165) is 0 Å². The van der Waals surface area contributed by atoms with Crippen molar-refractivity contribution in [2.75, 3.05) is 45.9 Å². The number of carboxylic acids is 1. The van der Waals surface area contributed by atoms with E-state index in [-0.39, 0.29) is 36.1 Å². The van der Waals surface area contributed by atoms with Gasteiger partial charge in [0.05, 0.1) is 19.3 Å². The van der Waals surface area contributed by atoms with Crippen LogP contribution in [0.25, 0.3) is 0 Å². The number of phenols is 1. The number of nitrogens with zero attached hydrogens (tertiary/aromatic N) is 2. The largest absolute Gasteiger partial charge is 0.507 e. The Balaban J connectivity index is 1.54. The summed E-state index contributed by atoms with van der Waals surface area (Å²) < 4.78 is 11.0. The number of rotatable bonds is 9. The normalized spacial score (nSPS) is 18.4. The highest BCUT2D eigenvalue weighted by Gasteiger charge is 2.34. The van der Waals surface area contributed by atoms with Gasteiger partial charge in [0.2, 0.25) is 5.91 Å². The van der Waals surface area contributed by atoms with Gasteiger partial charge in [-0.2, -0.15) is 0 Å². The lowest BCUT2D eigenvalue weighted by Gasteiger charge is -2.40. The van der Waals surface area contributed by atoms with Gasteiger partial charge in [-0.1, -0.05) is 6.07 Å². The number of ether oxygens (including phenoxy) is 2. The molecule has 2 aliphatic rings. The number of likely N-dealkylation sites (tertiary alicyclic amines) is 1. The topological polar surface area (TPSA) is 166 Å². The molecule has 3 rings (SSSR count). The number of hydrogen-bond donors (Lipinski definition) is 5. The molecule has 1 aromatic rings. The lowest BCUT2D eigenvalue weighted by Crippen LogP contribution is -2.60. The van der Waals surface area contributed by atoms with Crippen molar-refractivity contribution in [3.8, 4) is 11.5 Å². The Kier molecular flexibility index (Phi) is 7.73. The summed E-state index contributed by atoms with van der Waals surface area (Å²) in [4.78, 5) is 27.7. The maximum Gasteiger partial charge on any atom is 0.451 e. The average Bonchev–Trinajstić information content (AvgIpc) is 2.71. The molecule has 2 fully saturated rings. The molecule has 1 unspecified atom stereocenters. The van der Waals surface area contributed by atoms with Crippen LogP contribution in [0.5, 0.6) is 11.5 Å². The summed E-state index contributed by atoms with van der Waals surface area (Å²) in [5.74, 6) is -1.86. The number of aromatic carboxylic acids is 1. The van der Waals surface area contributed by atoms with Crippen LogP contribution in [-0.4, -0.2) is 107 Å². The van der Waals surface area contributed by atoms with Crippen molar-refractivity contribution >= 4 is 19.0 Å². The number of carbonyl (C=O) groups is 2. The molecule has 31 heavy (non-hydrogen) atoms. The van der Waals surface area contributed by atoms with E-state index in [4.69, 9.17) is 25.3 Å². The first kappa shape index (κ1) is 23.3. The van der Waals surface area contributed by atoms with Crippen molar-refractivity contribution in [2.45, 2.75) is 24.9 Å². The van der Waals surface area contributed by atoms with Crippen LogP contribution in [0.15, 0.2) is 12.1 Å². The van der Waals surface area contributed by atoms with E-state index in [9.17, 15) is 19.8 Å². The lowest BCUT2D eigenvalue weighted by molar-refractivity contribution is -0.137. The third-order valence-electron chi connectivity index (χ3n) is 5.42. The summed E-state index contributed by atoms with van der Waals surface area (Å²) in [5, 5.41) is 37.8. The van der Waals surface area contributed by atoms with Crippen LogP contribution in [0, 0.1) is 0 Å². The van der Waals surface area contributed by atoms with Crippen LogP contribution in [0.4, 0.5) is 0 Å². The van der Waals surface area contributed by atoms with Crippen LogP contribution >= 0.6 is 0 Å². The minimum Gasteiger partial charge on any atom is -0.507 e. The molecule has 2 saturated heterocycles. The molecule has 2 heterocycles. The Morgan fingerprint density at radius 1 is 1.26 bits per heavy atom. The number of amides is 1. The van der Waals surface area contributed by atoms with Crippen molar-refractivity contribution < 1.29 is 39.3 Å². The highest BCUT2D eigenvalue weighted by Crippen LogP contribution is 2.33. The molecule has 1 aromatic carbocycles. The second-order valence-electron chi connectivity index (χ2n) is 7.77. The summed E-state index contributed by atoms with van der Waals surface area (Å²) in [6, 6.07) is 2.31. The van der Waals surface area contributed by atoms with E-state index >= 15 is 0 Å². The van der Waals surface area contributed by atoms with Gasteiger partial charge in [0, 0.05) is 32.7 Å². The van der Waals surface area contributed by atoms with Crippen LogP contribution in [0.2, 0.25) is 6.32 Å². The molecule has 170 valence electrons. The molecular formula is C19H28BN3O8. The molecule has 0 aromatic heterocycles. The van der Waals surface area contributed by atoms with E-state index in [0.29, 0.717) is 51.5 Å². The van der Waals surface area contributed by atoms with Gasteiger partial charge in [0.15, 0.2) is 0 Å². The van der Waals surface area contributed by atoms with Gasteiger partial charge in [-0.25, -0.2) is 4.79 Å². The highest BCUT2D eigenvalue weighted by molar-refractivity contribution is 6.41. The number of carbonyl (C=O) groups excluding carboxylic acids is 1. The zero-order chi connectivity index (χ0) is 22.5. The van der Waals surface area contributed by atoms with Crippen molar-refractivity contribution in [3.63, 3.8) is 0 Å². The van der Waals surface area contributed by atoms with Crippen molar-refractivity contribution in [1.82, 2.24) is 9.80 Å². The van der Waals surface area contributed by atoms with Gasteiger partial charge in [0.1, 0.15) is 23.2 Å². The summed E-state index contributed by atoms with van der Waals surface area (Å²) in [7, 11) is -1.55. The maximum atomic E-state index is 12.4. The van der Waals surface area contributed by atoms with Gasteiger partial charge in [-0.05, 0) is 24.4 Å². The Hall–Kier alpha value is -2.38. The smallest absolute Gasteiger partial charge is 0.451 e. The van der Waals surface area contributed by atoms with Crippen LogP contribution in [-0.2, 0) is 16.0 Å². The molecule has 0 saturated carbocycles. The van der Waals surface area contributed by atoms with Crippen LogP contribution in [0.3, 0.4) is 0 Å². The number of aromatic hydroxyl groups is 1. The summed E-state index contributed by atoms with van der Waals surface area (Å²) in [6.07, 6.45) is -0.224. The zero-order valence-electron chi connectivity index (χ0n) is 17.1. The van der Waals surface area contributed by atoms with Crippen molar-refractivity contribution in [2.24, 2.45) is 5.73 Å². The Morgan fingerprint density at radius 2 is 1.94 bits per heavy atom. The molecule has 12 heteroatoms. The predicted molar refractivity (Wildman–Crippen MR) is 110 cm³/mol. The fourth-order valence-corrected chi connectivity index (χ4v) is 3.71. The first-order valence-corrected chi connectivity index (χ1v) is 10.2. The molecule has 0 radical (unpaired) electrons. The predicted octanol–water partition coefficient (Wildman–Crippen LogP) is -1.65. The summed E-state index contributed by atoms with van der Waals surface area (Å²) in [6.45, 7) is 3.41. The van der Waals surface area contributed by atoms with Crippen molar-refractivity contribution in [3.05, 3.63) is 23.3 Å². The van der Waals surface area contributed by atoms with E-state index in [1.54, 1.807) is 4.90 Å². The molecule has 0 aliphatic carbocycles. The van der Waals surface area contributed by atoms with E-state index in [2.05, 4.69) is 0 Å². The molecule has 11 nitrogen and oxygen atoms in total. The van der Waals surface area contributed by atoms with E-state index in [1.807, 2.05) is 4.90 Å². The molecule has 1 amide bonds.